The lowest BCUT2D eigenvalue weighted by molar-refractivity contribution is -0.131. The van der Waals surface area contributed by atoms with Crippen LogP contribution in [0.5, 0.6) is 0 Å². The summed E-state index contributed by atoms with van der Waals surface area (Å²) in [6.45, 7) is 10.1. The summed E-state index contributed by atoms with van der Waals surface area (Å²) in [7, 11) is 0. The molecule has 3 aliphatic rings. The molecule has 2 aromatic heterocycles. The van der Waals surface area contributed by atoms with Crippen LogP contribution in [-0.2, 0) is 9.53 Å². The number of carbonyl (C=O) groups excluding carboxylic acids is 3. The Morgan fingerprint density at radius 3 is 2.56 bits per heavy atom. The van der Waals surface area contributed by atoms with Gasteiger partial charge in [0.15, 0.2) is 11.4 Å². The largest absolute Gasteiger partial charge is 0.445 e. The minimum atomic E-state index is -1.07. The molecule has 0 saturated heterocycles. The Labute approximate surface area is 238 Å². The number of nitrogens with zero attached hydrogens (tertiary/aromatic N) is 2. The zero-order valence-electron chi connectivity index (χ0n) is 24.3. The summed E-state index contributed by atoms with van der Waals surface area (Å²) in [6.07, 6.45) is 1.98. The summed E-state index contributed by atoms with van der Waals surface area (Å²) in [6, 6.07) is 1.41. The summed E-state index contributed by atoms with van der Waals surface area (Å²) >= 11 is 0. The lowest BCUT2D eigenvalue weighted by atomic mass is 9.59. The summed E-state index contributed by atoms with van der Waals surface area (Å²) < 4.78 is 6.08. The summed E-state index contributed by atoms with van der Waals surface area (Å²) in [4.78, 5) is 61.7. The number of aliphatic hydroxyl groups is 2. The van der Waals surface area contributed by atoms with Gasteiger partial charge < -0.3 is 19.9 Å². The van der Waals surface area contributed by atoms with Crippen LogP contribution < -0.4 is 10.9 Å². The molecule has 0 aliphatic heterocycles. The molecule has 9 atom stereocenters. The molecule has 2 unspecified atom stereocenters. The molecule has 5 rings (SSSR count). The first-order valence-corrected chi connectivity index (χ1v) is 14.5. The Balaban J connectivity index is 1.47. The number of aliphatic hydroxyl groups excluding tert-OH is 2. The monoisotopic (exact) mass is 568 g/mol. The zero-order chi connectivity index (χ0) is 29.9. The number of nitrogens with one attached hydrogen (secondary N) is 2. The highest BCUT2D eigenvalue weighted by atomic mass is 16.6. The van der Waals surface area contributed by atoms with E-state index in [2.05, 4.69) is 27.2 Å². The van der Waals surface area contributed by atoms with E-state index in [1.165, 1.54) is 12.3 Å². The Morgan fingerprint density at radius 2 is 1.85 bits per heavy atom. The van der Waals surface area contributed by atoms with Crippen LogP contribution in [0.1, 0.15) is 83.5 Å². The number of aromatic nitrogens is 3. The van der Waals surface area contributed by atoms with Crippen molar-refractivity contribution in [3.63, 3.8) is 0 Å². The third-order valence-corrected chi connectivity index (χ3v) is 11.2. The Kier molecular flexibility index (Phi) is 7.34. The highest BCUT2D eigenvalue weighted by Gasteiger charge is 2.64. The summed E-state index contributed by atoms with van der Waals surface area (Å²) in [5.74, 6) is -1.56. The molecule has 2 aromatic rings. The molecule has 3 saturated carbocycles. The van der Waals surface area contributed by atoms with E-state index < -0.39 is 58.0 Å². The fraction of sp³-hybridized carbons (Fsp3) is 0.667. The Hall–Kier alpha value is -3.18. The van der Waals surface area contributed by atoms with Crippen molar-refractivity contribution in [2.75, 3.05) is 0 Å². The van der Waals surface area contributed by atoms with E-state index in [0.29, 0.717) is 32.1 Å². The highest BCUT2D eigenvalue weighted by Crippen LogP contribution is 2.63. The first-order chi connectivity index (χ1) is 19.2. The van der Waals surface area contributed by atoms with Gasteiger partial charge >= 0.3 is 6.09 Å². The zero-order valence-corrected chi connectivity index (χ0v) is 24.3. The number of H-pyrrole nitrogens is 1. The molecule has 0 radical (unpaired) electrons. The van der Waals surface area contributed by atoms with E-state index in [9.17, 15) is 29.4 Å². The molecule has 11 nitrogen and oxygen atoms in total. The number of alkyl carbamates (subject to hydrolysis) is 1. The van der Waals surface area contributed by atoms with E-state index in [4.69, 9.17) is 4.74 Å². The molecule has 2 heterocycles. The van der Waals surface area contributed by atoms with E-state index >= 15 is 0 Å². The summed E-state index contributed by atoms with van der Waals surface area (Å²) in [5.41, 5.74) is -1.68. The molecule has 3 aliphatic carbocycles. The number of imide groups is 1. The van der Waals surface area contributed by atoms with Crippen molar-refractivity contribution in [2.45, 2.75) is 91.5 Å². The van der Waals surface area contributed by atoms with Crippen LogP contribution in [0, 0.1) is 34.0 Å². The third-order valence-electron chi connectivity index (χ3n) is 11.2. The maximum Gasteiger partial charge on any atom is 0.414 e. The predicted octanol–water partition coefficient (Wildman–Crippen LogP) is 3.13. The van der Waals surface area contributed by atoms with Gasteiger partial charge in [0.25, 0.3) is 11.5 Å². The van der Waals surface area contributed by atoms with Crippen LogP contribution in [0.25, 0.3) is 11.2 Å². The quantitative estimate of drug-likeness (QED) is 0.434. The molecule has 11 heteroatoms. The number of fused-ring (bicyclic) bond motifs is 2. The van der Waals surface area contributed by atoms with Crippen molar-refractivity contribution in [1.82, 2.24) is 20.3 Å². The third kappa shape index (κ3) is 4.76. The van der Waals surface area contributed by atoms with Gasteiger partial charge in [-0.15, -0.1) is 0 Å². The van der Waals surface area contributed by atoms with Gasteiger partial charge in [-0.3, -0.25) is 19.7 Å². The van der Waals surface area contributed by atoms with Crippen LogP contribution >= 0.6 is 0 Å². The minimum Gasteiger partial charge on any atom is -0.445 e. The second kappa shape index (κ2) is 10.3. The summed E-state index contributed by atoms with van der Waals surface area (Å²) in [5, 5.41) is 24.8. The number of carbonyl (C=O) groups is 3. The van der Waals surface area contributed by atoms with Gasteiger partial charge in [0.2, 0.25) is 0 Å². The van der Waals surface area contributed by atoms with Crippen LogP contribution in [0.15, 0.2) is 23.3 Å². The first kappa shape index (κ1) is 29.3. The van der Waals surface area contributed by atoms with Crippen molar-refractivity contribution < 1.29 is 29.3 Å². The number of pyridine rings is 1. The minimum absolute atomic E-state index is 0.0653. The molecule has 2 amide bonds. The number of hydrogen-bond acceptors (Lipinski definition) is 9. The van der Waals surface area contributed by atoms with E-state index in [1.807, 2.05) is 27.7 Å². The van der Waals surface area contributed by atoms with Crippen LogP contribution in [-0.4, -0.2) is 61.3 Å². The maximum atomic E-state index is 13.4. The molecule has 2 bridgehead atoms. The number of amides is 2. The van der Waals surface area contributed by atoms with Gasteiger partial charge in [0.1, 0.15) is 17.7 Å². The molecule has 4 N–H and O–H groups in total. The molecule has 3 fully saturated rings. The maximum absolute atomic E-state index is 13.4. The SMILES string of the molecule is CC[C@]1(C)C[C@@H](OC(=O)NC(=O)c2cnc3[nH]c(=O)cnc3c2)[C@@]2(C)CC3C(=O)[C@@H](O)C[C@@]3(CCC2C)[C@@H](C)[C@@H]1O. The molecular weight excluding hydrogens is 528 g/mol. The number of ketones is 1. The van der Waals surface area contributed by atoms with Crippen LogP contribution in [0.4, 0.5) is 4.79 Å². The molecular formula is C30H40N4O7. The van der Waals surface area contributed by atoms with Gasteiger partial charge in [-0.1, -0.05) is 34.6 Å². The topological polar surface area (TPSA) is 172 Å². The molecule has 0 aromatic carbocycles. The molecule has 0 spiro atoms. The van der Waals surface area contributed by atoms with E-state index in [0.717, 1.165) is 12.6 Å². The first-order valence-electron chi connectivity index (χ1n) is 14.5. The van der Waals surface area contributed by atoms with E-state index in [-0.39, 0.29) is 34.3 Å². The van der Waals surface area contributed by atoms with Gasteiger partial charge in [0.05, 0.1) is 17.9 Å². The number of ether oxygens (including phenoxy) is 1. The fourth-order valence-electron chi connectivity index (χ4n) is 7.93. The smallest absolute Gasteiger partial charge is 0.414 e. The second-order valence-corrected chi connectivity index (χ2v) is 13.2. The van der Waals surface area contributed by atoms with Crippen molar-refractivity contribution in [2.24, 2.45) is 34.0 Å². The van der Waals surface area contributed by atoms with E-state index in [1.54, 1.807) is 0 Å². The number of rotatable bonds is 3. The predicted molar refractivity (Wildman–Crippen MR) is 149 cm³/mol. The molecule has 41 heavy (non-hydrogen) atoms. The highest BCUT2D eigenvalue weighted by molar-refractivity contribution is 6.03. The van der Waals surface area contributed by atoms with Crippen molar-refractivity contribution >= 4 is 28.9 Å². The lowest BCUT2D eigenvalue weighted by Crippen LogP contribution is -2.50. The second-order valence-electron chi connectivity index (χ2n) is 13.2. The van der Waals surface area contributed by atoms with Crippen LogP contribution in [0.2, 0.25) is 0 Å². The molecule has 222 valence electrons. The fourth-order valence-corrected chi connectivity index (χ4v) is 7.93. The van der Waals surface area contributed by atoms with Gasteiger partial charge in [-0.25, -0.2) is 14.8 Å². The average molecular weight is 569 g/mol. The average Bonchev–Trinajstić information content (AvgIpc) is 3.11. The Morgan fingerprint density at radius 1 is 1.12 bits per heavy atom. The van der Waals surface area contributed by atoms with Crippen molar-refractivity contribution in [3.8, 4) is 0 Å². The Bertz CT molecular complexity index is 1440. The van der Waals surface area contributed by atoms with Crippen LogP contribution in [0.3, 0.4) is 0 Å². The number of Topliss-reactive ketones (excluding diaryl/α,β-unsaturated/α-hetero) is 1. The van der Waals surface area contributed by atoms with Crippen molar-refractivity contribution in [3.05, 3.63) is 34.4 Å². The standard InChI is InChI=1S/C30H40N4O7/c1-6-28(4)12-21(41-27(40)34-26(39)17-9-19-25(32-13-17)33-22(36)14-31-19)29(5)10-18-23(37)20(35)11-30(18,8-7-15(29)2)16(3)24(28)38/h9,13-16,18,20-21,24,35,38H,6-8,10-12H2,1-5H3,(H,32,33,36)(H,34,39,40)/t15?,16-,18?,20-,21+,24-,28+,29-,30-/m0/s1. The lowest BCUT2D eigenvalue weighted by Gasteiger charge is -2.48. The van der Waals surface area contributed by atoms with Gasteiger partial charge in [0, 0.05) is 17.5 Å². The number of aromatic amines is 1. The van der Waals surface area contributed by atoms with Gasteiger partial charge in [-0.05, 0) is 67.3 Å². The van der Waals surface area contributed by atoms with Gasteiger partial charge in [-0.2, -0.15) is 0 Å². The number of hydrogen-bond donors (Lipinski definition) is 4. The van der Waals surface area contributed by atoms with Crippen molar-refractivity contribution in [1.29, 1.82) is 0 Å². The normalized spacial score (nSPS) is 38.9.